The summed E-state index contributed by atoms with van der Waals surface area (Å²) < 4.78 is 4.71. The van der Waals surface area contributed by atoms with Crippen molar-refractivity contribution in [3.63, 3.8) is 0 Å². The van der Waals surface area contributed by atoms with Gasteiger partial charge in [0.2, 0.25) is 4.77 Å². The molecule has 3 aromatic carbocycles. The van der Waals surface area contributed by atoms with Crippen molar-refractivity contribution in [3.8, 4) is 28.3 Å². The van der Waals surface area contributed by atoms with Gasteiger partial charge in [-0.3, -0.25) is 9.47 Å². The maximum atomic E-state index is 5.99. The number of aryl methyl sites for hydroxylation is 1. The molecule has 0 unspecified atom stereocenters. The second-order valence-corrected chi connectivity index (χ2v) is 8.88. The van der Waals surface area contributed by atoms with E-state index in [4.69, 9.17) is 17.3 Å². The summed E-state index contributed by atoms with van der Waals surface area (Å²) in [6, 6.07) is 27.3. The van der Waals surface area contributed by atoms with Crippen LogP contribution in [0.1, 0.15) is 19.4 Å². The van der Waals surface area contributed by atoms with Gasteiger partial charge in [0.25, 0.3) is 0 Å². The number of hydrogen-bond acceptors (Lipinski definition) is 3. The number of para-hydroxylation sites is 1. The Morgan fingerprint density at radius 2 is 1.59 bits per heavy atom. The van der Waals surface area contributed by atoms with E-state index in [1.54, 1.807) is 0 Å². The fourth-order valence-electron chi connectivity index (χ4n) is 4.46. The van der Waals surface area contributed by atoms with Crippen LogP contribution in [0.15, 0.2) is 78.9 Å². The molecule has 34 heavy (non-hydrogen) atoms. The van der Waals surface area contributed by atoms with Crippen LogP contribution in [-0.4, -0.2) is 37.3 Å². The van der Waals surface area contributed by atoms with Gasteiger partial charge in [0.05, 0.1) is 18.1 Å². The summed E-state index contributed by atoms with van der Waals surface area (Å²) in [7, 11) is 0. The van der Waals surface area contributed by atoms with Gasteiger partial charge in [-0.2, -0.15) is 0 Å². The first-order valence-electron chi connectivity index (χ1n) is 11.8. The van der Waals surface area contributed by atoms with E-state index in [1.165, 1.54) is 10.9 Å². The molecule has 0 fully saturated rings. The minimum atomic E-state index is 0.651. The number of aromatic amines is 1. The van der Waals surface area contributed by atoms with Gasteiger partial charge in [-0.15, -0.1) is 5.10 Å². The molecule has 6 heteroatoms. The maximum absolute atomic E-state index is 5.99. The SMILES string of the molecule is CCN(CC)Cn1nc(-c2[nH]c3ccc(C)cc3c2-c2ccccc2)n(-c2ccccc2)c1=S. The van der Waals surface area contributed by atoms with Crippen molar-refractivity contribution in [2.75, 3.05) is 13.1 Å². The van der Waals surface area contributed by atoms with Crippen LogP contribution in [0, 0.1) is 11.7 Å². The first kappa shape index (κ1) is 22.3. The zero-order valence-electron chi connectivity index (χ0n) is 19.8. The lowest BCUT2D eigenvalue weighted by molar-refractivity contribution is 0.227. The van der Waals surface area contributed by atoms with Gasteiger partial charge in [-0.05, 0) is 62.1 Å². The number of hydrogen-bond donors (Lipinski definition) is 1. The molecule has 1 N–H and O–H groups in total. The third-order valence-electron chi connectivity index (χ3n) is 6.32. The van der Waals surface area contributed by atoms with Crippen LogP contribution in [0.3, 0.4) is 0 Å². The standard InChI is InChI=1S/C28H29N5S/c1-4-31(5-2)19-32-28(34)33(22-14-10-7-11-15-22)27(30-32)26-25(21-12-8-6-9-13-21)23-18-20(3)16-17-24(23)29-26/h6-18,29H,4-5,19H2,1-3H3. The van der Waals surface area contributed by atoms with Crippen molar-refractivity contribution in [1.82, 2.24) is 24.2 Å². The van der Waals surface area contributed by atoms with E-state index >= 15 is 0 Å². The molecule has 0 spiro atoms. The van der Waals surface area contributed by atoms with Crippen molar-refractivity contribution in [2.24, 2.45) is 0 Å². The minimum absolute atomic E-state index is 0.651. The normalized spacial score (nSPS) is 11.5. The molecule has 0 radical (unpaired) electrons. The van der Waals surface area contributed by atoms with Crippen LogP contribution >= 0.6 is 12.2 Å². The Morgan fingerprint density at radius 3 is 2.26 bits per heavy atom. The highest BCUT2D eigenvalue weighted by Crippen LogP contribution is 2.39. The van der Waals surface area contributed by atoms with E-state index in [2.05, 4.69) is 89.8 Å². The average Bonchev–Trinajstić information content (AvgIpc) is 3.40. The highest BCUT2D eigenvalue weighted by molar-refractivity contribution is 7.71. The largest absolute Gasteiger partial charge is 0.351 e. The first-order valence-corrected chi connectivity index (χ1v) is 12.2. The molecule has 0 aliphatic rings. The highest BCUT2D eigenvalue weighted by atomic mass is 32.1. The van der Waals surface area contributed by atoms with Gasteiger partial charge < -0.3 is 4.98 Å². The average molecular weight is 468 g/mol. The number of nitrogens with one attached hydrogen (secondary N) is 1. The zero-order valence-corrected chi connectivity index (χ0v) is 20.6. The molecule has 0 saturated heterocycles. The smallest absolute Gasteiger partial charge is 0.204 e. The predicted molar refractivity (Wildman–Crippen MR) is 143 cm³/mol. The molecule has 0 aliphatic carbocycles. The van der Waals surface area contributed by atoms with Gasteiger partial charge in [0, 0.05) is 16.5 Å². The molecular formula is C28H29N5S. The number of H-pyrrole nitrogens is 1. The summed E-state index contributed by atoms with van der Waals surface area (Å²) in [6.07, 6.45) is 0. The monoisotopic (exact) mass is 467 g/mol. The van der Waals surface area contributed by atoms with Crippen molar-refractivity contribution in [1.29, 1.82) is 0 Å². The summed E-state index contributed by atoms with van der Waals surface area (Å²) in [5.41, 5.74) is 6.58. The van der Waals surface area contributed by atoms with Gasteiger partial charge >= 0.3 is 0 Å². The van der Waals surface area contributed by atoms with Crippen LogP contribution < -0.4 is 0 Å². The molecule has 0 bridgehead atoms. The predicted octanol–water partition coefficient (Wildman–Crippen LogP) is 6.83. The molecule has 5 rings (SSSR count). The van der Waals surface area contributed by atoms with Gasteiger partial charge in [-0.25, -0.2) is 4.68 Å². The summed E-state index contributed by atoms with van der Waals surface area (Å²) in [6.45, 7) is 8.98. The molecule has 2 aromatic heterocycles. The number of fused-ring (bicyclic) bond motifs is 1. The summed E-state index contributed by atoms with van der Waals surface area (Å²) in [4.78, 5) is 6.00. The van der Waals surface area contributed by atoms with Gasteiger partial charge in [0.1, 0.15) is 0 Å². The molecular weight excluding hydrogens is 438 g/mol. The maximum Gasteiger partial charge on any atom is 0.204 e. The van der Waals surface area contributed by atoms with Crippen LogP contribution in [0.4, 0.5) is 0 Å². The Labute approximate surface area is 205 Å². The molecule has 0 saturated carbocycles. The molecule has 0 aliphatic heterocycles. The van der Waals surface area contributed by atoms with E-state index in [-0.39, 0.29) is 0 Å². The summed E-state index contributed by atoms with van der Waals surface area (Å²) in [5.74, 6) is 0.816. The van der Waals surface area contributed by atoms with Gasteiger partial charge in [0.15, 0.2) is 5.82 Å². The Kier molecular flexibility index (Phi) is 6.18. The van der Waals surface area contributed by atoms with Crippen molar-refractivity contribution < 1.29 is 0 Å². The van der Waals surface area contributed by atoms with Gasteiger partial charge in [-0.1, -0.05) is 74.0 Å². The quantitative estimate of drug-likeness (QED) is 0.267. The van der Waals surface area contributed by atoms with Crippen molar-refractivity contribution >= 4 is 23.1 Å². The summed E-state index contributed by atoms with van der Waals surface area (Å²) in [5, 5.41) is 6.28. The first-order chi connectivity index (χ1) is 16.6. The second-order valence-electron chi connectivity index (χ2n) is 8.51. The fraction of sp³-hybridized carbons (Fsp3) is 0.214. The Hall–Kier alpha value is -3.48. The van der Waals surface area contributed by atoms with E-state index in [9.17, 15) is 0 Å². The van der Waals surface area contributed by atoms with E-state index < -0.39 is 0 Å². The lowest BCUT2D eigenvalue weighted by Crippen LogP contribution is -2.26. The van der Waals surface area contributed by atoms with E-state index in [0.717, 1.165) is 46.9 Å². The molecule has 0 amide bonds. The number of benzene rings is 3. The minimum Gasteiger partial charge on any atom is -0.351 e. The van der Waals surface area contributed by atoms with E-state index in [1.807, 2.05) is 28.9 Å². The topological polar surface area (TPSA) is 41.8 Å². The second kappa shape index (κ2) is 9.41. The lowest BCUT2D eigenvalue weighted by Gasteiger charge is -2.17. The van der Waals surface area contributed by atoms with Crippen LogP contribution in [0.5, 0.6) is 0 Å². The van der Waals surface area contributed by atoms with E-state index in [0.29, 0.717) is 11.4 Å². The van der Waals surface area contributed by atoms with Crippen LogP contribution in [0.25, 0.3) is 39.2 Å². The zero-order chi connectivity index (χ0) is 23.7. The molecule has 0 atom stereocenters. The Morgan fingerprint density at radius 1 is 0.912 bits per heavy atom. The summed E-state index contributed by atoms with van der Waals surface area (Å²) >= 11 is 5.99. The Balaban J connectivity index is 1.82. The molecule has 5 nitrogen and oxygen atoms in total. The number of aromatic nitrogens is 4. The third kappa shape index (κ3) is 4.00. The third-order valence-corrected chi connectivity index (χ3v) is 6.72. The fourth-order valence-corrected chi connectivity index (χ4v) is 4.75. The highest BCUT2D eigenvalue weighted by Gasteiger charge is 2.22. The Bertz CT molecular complexity index is 1470. The lowest BCUT2D eigenvalue weighted by atomic mass is 10.0. The van der Waals surface area contributed by atoms with Crippen molar-refractivity contribution in [3.05, 3.63) is 89.2 Å². The van der Waals surface area contributed by atoms with Crippen LogP contribution in [-0.2, 0) is 6.67 Å². The van der Waals surface area contributed by atoms with Crippen LogP contribution in [0.2, 0.25) is 0 Å². The number of nitrogens with zero attached hydrogens (tertiary/aromatic N) is 4. The molecule has 172 valence electrons. The molecule has 5 aromatic rings. The van der Waals surface area contributed by atoms with Crippen molar-refractivity contribution in [2.45, 2.75) is 27.4 Å². The number of rotatable bonds is 7. The molecule has 2 heterocycles.